The van der Waals surface area contributed by atoms with E-state index in [1.807, 2.05) is 0 Å². The van der Waals surface area contributed by atoms with Gasteiger partial charge in [-0.15, -0.1) is 0 Å². The minimum atomic E-state index is 0.737. The van der Waals surface area contributed by atoms with E-state index in [-0.39, 0.29) is 0 Å². The van der Waals surface area contributed by atoms with E-state index >= 15 is 0 Å². The standard InChI is InChI=1S/C18H20N2/c1-14-13-20(11-5-10-19)18-9-8-16(12-17(14)18)15-6-3-2-4-7-15/h2-4,6-9,12-13H,5,10-11,19H2,1H3. The number of hydrogen-bond donors (Lipinski definition) is 1. The first-order valence-corrected chi connectivity index (χ1v) is 7.14. The normalized spacial score (nSPS) is 11.1. The zero-order chi connectivity index (χ0) is 13.9. The van der Waals surface area contributed by atoms with Gasteiger partial charge >= 0.3 is 0 Å². The summed E-state index contributed by atoms with van der Waals surface area (Å²) in [5.74, 6) is 0. The maximum atomic E-state index is 5.61. The Kier molecular flexibility index (Phi) is 3.57. The van der Waals surface area contributed by atoms with Crippen LogP contribution in [0.2, 0.25) is 0 Å². The lowest BCUT2D eigenvalue weighted by Crippen LogP contribution is -2.04. The van der Waals surface area contributed by atoms with Gasteiger partial charge in [0, 0.05) is 23.6 Å². The van der Waals surface area contributed by atoms with Gasteiger partial charge in [-0.25, -0.2) is 0 Å². The lowest BCUT2D eigenvalue weighted by molar-refractivity contribution is 0.670. The Morgan fingerprint density at radius 3 is 2.55 bits per heavy atom. The fourth-order valence-corrected chi connectivity index (χ4v) is 2.73. The van der Waals surface area contributed by atoms with E-state index in [1.165, 1.54) is 27.6 Å². The summed E-state index contributed by atoms with van der Waals surface area (Å²) in [7, 11) is 0. The van der Waals surface area contributed by atoms with Gasteiger partial charge in [0.1, 0.15) is 0 Å². The van der Waals surface area contributed by atoms with Crippen LogP contribution in [-0.2, 0) is 6.54 Å². The fraction of sp³-hybridized carbons (Fsp3) is 0.222. The molecule has 0 saturated carbocycles. The van der Waals surface area contributed by atoms with Crippen LogP contribution in [0.1, 0.15) is 12.0 Å². The van der Waals surface area contributed by atoms with Gasteiger partial charge in [-0.3, -0.25) is 0 Å². The summed E-state index contributed by atoms with van der Waals surface area (Å²) in [6.07, 6.45) is 3.25. The maximum Gasteiger partial charge on any atom is 0.0483 e. The fourth-order valence-electron chi connectivity index (χ4n) is 2.73. The average Bonchev–Trinajstić information content (AvgIpc) is 2.82. The van der Waals surface area contributed by atoms with E-state index in [4.69, 9.17) is 5.73 Å². The third-order valence-corrected chi connectivity index (χ3v) is 3.79. The Bertz CT molecular complexity index is 711. The Morgan fingerprint density at radius 2 is 1.80 bits per heavy atom. The van der Waals surface area contributed by atoms with Crippen molar-refractivity contribution in [3.8, 4) is 11.1 Å². The van der Waals surface area contributed by atoms with Crippen LogP contribution in [0.4, 0.5) is 0 Å². The van der Waals surface area contributed by atoms with Crippen LogP contribution in [0, 0.1) is 6.92 Å². The van der Waals surface area contributed by atoms with Gasteiger partial charge in [0.2, 0.25) is 0 Å². The molecule has 3 rings (SSSR count). The third kappa shape index (κ3) is 2.35. The maximum absolute atomic E-state index is 5.61. The summed E-state index contributed by atoms with van der Waals surface area (Å²) in [5.41, 5.74) is 10.8. The summed E-state index contributed by atoms with van der Waals surface area (Å²) in [6.45, 7) is 3.91. The summed E-state index contributed by atoms with van der Waals surface area (Å²) in [5, 5.41) is 1.34. The van der Waals surface area contributed by atoms with Gasteiger partial charge in [0.15, 0.2) is 0 Å². The summed E-state index contributed by atoms with van der Waals surface area (Å²) >= 11 is 0. The minimum Gasteiger partial charge on any atom is -0.347 e. The molecule has 0 fully saturated rings. The molecule has 0 spiro atoms. The van der Waals surface area contributed by atoms with Crippen molar-refractivity contribution in [2.75, 3.05) is 6.54 Å². The minimum absolute atomic E-state index is 0.737. The Morgan fingerprint density at radius 1 is 1.00 bits per heavy atom. The largest absolute Gasteiger partial charge is 0.347 e. The third-order valence-electron chi connectivity index (χ3n) is 3.79. The van der Waals surface area contributed by atoms with Crippen molar-refractivity contribution in [3.05, 3.63) is 60.3 Å². The molecule has 0 bridgehead atoms. The van der Waals surface area contributed by atoms with Crippen LogP contribution in [-0.4, -0.2) is 11.1 Å². The van der Waals surface area contributed by atoms with E-state index in [0.717, 1.165) is 19.5 Å². The number of benzene rings is 2. The molecule has 0 aliphatic heterocycles. The van der Waals surface area contributed by atoms with Crippen LogP contribution in [0.15, 0.2) is 54.7 Å². The molecule has 0 atom stereocenters. The molecular formula is C18H20N2. The van der Waals surface area contributed by atoms with Gasteiger partial charge < -0.3 is 10.3 Å². The van der Waals surface area contributed by atoms with E-state index in [9.17, 15) is 0 Å². The molecule has 20 heavy (non-hydrogen) atoms. The number of fused-ring (bicyclic) bond motifs is 1. The smallest absolute Gasteiger partial charge is 0.0483 e. The highest BCUT2D eigenvalue weighted by atomic mass is 15.0. The van der Waals surface area contributed by atoms with E-state index in [0.29, 0.717) is 0 Å². The number of hydrogen-bond acceptors (Lipinski definition) is 1. The molecule has 0 saturated heterocycles. The van der Waals surface area contributed by atoms with Gasteiger partial charge in [-0.1, -0.05) is 36.4 Å². The molecule has 1 aromatic heterocycles. The molecule has 102 valence electrons. The van der Waals surface area contributed by atoms with Crippen LogP contribution >= 0.6 is 0 Å². The second-order valence-electron chi connectivity index (χ2n) is 5.25. The number of nitrogens with two attached hydrogens (primary N) is 1. The molecule has 0 aliphatic carbocycles. The predicted octanol–water partition coefficient (Wildman–Crippen LogP) is 3.97. The molecule has 0 amide bonds. The average molecular weight is 264 g/mol. The molecule has 1 heterocycles. The van der Waals surface area contributed by atoms with Crippen LogP contribution in [0.3, 0.4) is 0 Å². The topological polar surface area (TPSA) is 30.9 Å². The molecule has 2 heteroatoms. The first kappa shape index (κ1) is 12.9. The van der Waals surface area contributed by atoms with Crippen molar-refractivity contribution >= 4 is 10.9 Å². The number of aromatic nitrogens is 1. The zero-order valence-corrected chi connectivity index (χ0v) is 11.8. The van der Waals surface area contributed by atoms with Crippen LogP contribution in [0.5, 0.6) is 0 Å². The van der Waals surface area contributed by atoms with Crippen molar-refractivity contribution in [1.82, 2.24) is 4.57 Å². The van der Waals surface area contributed by atoms with Gasteiger partial charge in [0.05, 0.1) is 0 Å². The summed E-state index contributed by atoms with van der Waals surface area (Å²) in [4.78, 5) is 0. The lowest BCUT2D eigenvalue weighted by atomic mass is 10.0. The Labute approximate surface area is 119 Å². The molecule has 3 aromatic rings. The van der Waals surface area contributed by atoms with Crippen molar-refractivity contribution < 1.29 is 0 Å². The number of rotatable bonds is 4. The molecule has 2 N–H and O–H groups in total. The summed E-state index contributed by atoms with van der Waals surface area (Å²) in [6, 6.07) is 17.2. The van der Waals surface area contributed by atoms with E-state index < -0.39 is 0 Å². The molecular weight excluding hydrogens is 244 g/mol. The molecule has 0 aliphatic rings. The quantitative estimate of drug-likeness (QED) is 0.759. The van der Waals surface area contributed by atoms with Gasteiger partial charge in [0.25, 0.3) is 0 Å². The van der Waals surface area contributed by atoms with Gasteiger partial charge in [-0.05, 0) is 48.7 Å². The highest BCUT2D eigenvalue weighted by molar-refractivity contribution is 5.88. The first-order chi connectivity index (χ1) is 9.79. The van der Waals surface area contributed by atoms with Crippen molar-refractivity contribution in [1.29, 1.82) is 0 Å². The van der Waals surface area contributed by atoms with Gasteiger partial charge in [-0.2, -0.15) is 0 Å². The van der Waals surface area contributed by atoms with E-state index in [1.54, 1.807) is 0 Å². The lowest BCUT2D eigenvalue weighted by Gasteiger charge is -2.06. The second kappa shape index (κ2) is 5.51. The highest BCUT2D eigenvalue weighted by Crippen LogP contribution is 2.27. The predicted molar refractivity (Wildman–Crippen MR) is 85.8 cm³/mol. The van der Waals surface area contributed by atoms with Crippen molar-refractivity contribution in [3.63, 3.8) is 0 Å². The monoisotopic (exact) mass is 264 g/mol. The number of aryl methyl sites for hydroxylation is 2. The van der Waals surface area contributed by atoms with Crippen LogP contribution < -0.4 is 5.73 Å². The number of nitrogens with zero attached hydrogens (tertiary/aromatic N) is 1. The molecule has 0 radical (unpaired) electrons. The summed E-state index contributed by atoms with van der Waals surface area (Å²) < 4.78 is 2.31. The Hall–Kier alpha value is -2.06. The van der Waals surface area contributed by atoms with E-state index in [2.05, 4.69) is 66.2 Å². The zero-order valence-electron chi connectivity index (χ0n) is 11.8. The highest BCUT2D eigenvalue weighted by Gasteiger charge is 2.07. The Balaban J connectivity index is 2.06. The van der Waals surface area contributed by atoms with Crippen molar-refractivity contribution in [2.45, 2.75) is 19.9 Å². The second-order valence-corrected chi connectivity index (χ2v) is 5.25. The first-order valence-electron chi connectivity index (χ1n) is 7.14. The van der Waals surface area contributed by atoms with Crippen molar-refractivity contribution in [2.24, 2.45) is 5.73 Å². The molecule has 2 nitrogen and oxygen atoms in total. The molecule has 2 aromatic carbocycles. The van der Waals surface area contributed by atoms with Crippen LogP contribution in [0.25, 0.3) is 22.0 Å². The SMILES string of the molecule is Cc1cn(CCCN)c2ccc(-c3ccccc3)cc12. The molecule has 0 unspecified atom stereocenters.